The van der Waals surface area contributed by atoms with Crippen molar-refractivity contribution in [1.29, 1.82) is 0 Å². The zero-order valence-electron chi connectivity index (χ0n) is 13.9. The van der Waals surface area contributed by atoms with Gasteiger partial charge in [-0.25, -0.2) is 4.79 Å². The van der Waals surface area contributed by atoms with Gasteiger partial charge in [0.15, 0.2) is 0 Å². The number of methoxy groups -OCH3 is 1. The van der Waals surface area contributed by atoms with Crippen LogP contribution in [0.5, 0.6) is 0 Å². The number of esters is 1. The van der Waals surface area contributed by atoms with E-state index < -0.39 is 5.97 Å². The molecule has 1 aliphatic rings. The van der Waals surface area contributed by atoms with Gasteiger partial charge in [0, 0.05) is 6.54 Å². The molecule has 130 valence electrons. The van der Waals surface area contributed by atoms with E-state index in [4.69, 9.17) is 11.6 Å². The molecule has 6 nitrogen and oxygen atoms in total. The van der Waals surface area contributed by atoms with Crippen molar-refractivity contribution < 1.29 is 19.1 Å². The summed E-state index contributed by atoms with van der Waals surface area (Å²) >= 11 is 6.05. The lowest BCUT2D eigenvalue weighted by Crippen LogP contribution is -2.30. The Morgan fingerprint density at radius 3 is 2.54 bits per heavy atom. The molecule has 0 heterocycles. The normalized spacial score (nSPS) is 18.9. The van der Waals surface area contributed by atoms with Crippen molar-refractivity contribution >= 4 is 35.1 Å². The highest BCUT2D eigenvalue weighted by Crippen LogP contribution is 2.40. The predicted molar refractivity (Wildman–Crippen MR) is 90.9 cm³/mol. The van der Waals surface area contributed by atoms with Crippen molar-refractivity contribution in [3.63, 3.8) is 0 Å². The van der Waals surface area contributed by atoms with E-state index >= 15 is 0 Å². The molecule has 1 fully saturated rings. The molecule has 2 rings (SSSR count). The van der Waals surface area contributed by atoms with E-state index in [0.29, 0.717) is 35.2 Å². The van der Waals surface area contributed by atoms with Crippen LogP contribution in [-0.4, -0.2) is 31.4 Å². The van der Waals surface area contributed by atoms with Crippen LogP contribution in [0.3, 0.4) is 0 Å². The van der Waals surface area contributed by atoms with Crippen molar-refractivity contribution in [2.45, 2.75) is 20.3 Å². The first kappa shape index (κ1) is 18.3. The molecule has 2 amide bonds. The molecule has 2 unspecified atom stereocenters. The van der Waals surface area contributed by atoms with E-state index in [0.717, 1.165) is 0 Å². The van der Waals surface area contributed by atoms with Gasteiger partial charge in [-0.2, -0.15) is 0 Å². The Bertz CT molecular complexity index is 660. The fourth-order valence-corrected chi connectivity index (χ4v) is 2.47. The first-order valence-corrected chi connectivity index (χ1v) is 8.17. The number of hydrogen-bond donors (Lipinski definition) is 2. The maximum atomic E-state index is 12.3. The minimum atomic E-state index is -0.514. The molecule has 0 saturated heterocycles. The Morgan fingerprint density at radius 1 is 1.25 bits per heavy atom. The number of nitrogens with one attached hydrogen (secondary N) is 2. The van der Waals surface area contributed by atoms with Gasteiger partial charge in [-0.15, -0.1) is 0 Å². The number of rotatable bonds is 6. The van der Waals surface area contributed by atoms with E-state index in [2.05, 4.69) is 15.4 Å². The van der Waals surface area contributed by atoms with Gasteiger partial charge in [-0.05, 0) is 30.5 Å². The minimum absolute atomic E-state index is 0.0988. The number of benzene rings is 1. The van der Waals surface area contributed by atoms with Gasteiger partial charge < -0.3 is 15.4 Å². The van der Waals surface area contributed by atoms with Crippen LogP contribution in [0.25, 0.3) is 0 Å². The lowest BCUT2D eigenvalue weighted by atomic mass is 10.2. The summed E-state index contributed by atoms with van der Waals surface area (Å²) < 4.78 is 4.64. The third-order valence-corrected chi connectivity index (χ3v) is 4.12. The van der Waals surface area contributed by atoms with Crippen molar-refractivity contribution in [2.24, 2.45) is 17.8 Å². The standard InChI is InChI=1S/C17H21ClN2O4/c1-9(2)8-19-15(21)11-7-12(11)16(22)20-14-6-10(17(23)24-3)4-5-13(14)18/h4-6,9,11-12H,7-8H2,1-3H3,(H,19,21)(H,20,22). The summed E-state index contributed by atoms with van der Waals surface area (Å²) in [6, 6.07) is 4.49. The Kier molecular flexibility index (Phi) is 5.83. The van der Waals surface area contributed by atoms with Gasteiger partial charge >= 0.3 is 5.97 Å². The molecular weight excluding hydrogens is 332 g/mol. The quantitative estimate of drug-likeness (QED) is 0.770. The first-order chi connectivity index (χ1) is 11.3. The summed E-state index contributed by atoms with van der Waals surface area (Å²) in [7, 11) is 1.28. The number of amides is 2. The Balaban J connectivity index is 1.96. The molecular formula is C17H21ClN2O4. The molecule has 0 aromatic heterocycles. The van der Waals surface area contributed by atoms with E-state index in [9.17, 15) is 14.4 Å². The molecule has 0 bridgehead atoms. The summed E-state index contributed by atoms with van der Waals surface area (Å²) in [5.41, 5.74) is 0.622. The summed E-state index contributed by atoms with van der Waals surface area (Å²) in [5.74, 6) is -1.19. The molecule has 2 atom stereocenters. The SMILES string of the molecule is COC(=O)c1ccc(Cl)c(NC(=O)C2CC2C(=O)NCC(C)C)c1. The van der Waals surface area contributed by atoms with Crippen LogP contribution < -0.4 is 10.6 Å². The Morgan fingerprint density at radius 2 is 1.92 bits per heavy atom. The summed E-state index contributed by atoms with van der Waals surface area (Å²) in [5, 5.41) is 5.83. The lowest BCUT2D eigenvalue weighted by Gasteiger charge is -2.09. The van der Waals surface area contributed by atoms with Crippen LogP contribution in [-0.2, 0) is 14.3 Å². The van der Waals surface area contributed by atoms with Crippen LogP contribution in [0, 0.1) is 17.8 Å². The smallest absolute Gasteiger partial charge is 0.337 e. The fraction of sp³-hybridized carbons (Fsp3) is 0.471. The molecule has 1 aromatic rings. The maximum absolute atomic E-state index is 12.3. The van der Waals surface area contributed by atoms with Crippen LogP contribution in [0.2, 0.25) is 5.02 Å². The number of carbonyl (C=O) groups is 3. The zero-order chi connectivity index (χ0) is 17.9. The molecule has 1 saturated carbocycles. The number of carbonyl (C=O) groups excluding carboxylic acids is 3. The Hall–Kier alpha value is -2.08. The topological polar surface area (TPSA) is 84.5 Å². The van der Waals surface area contributed by atoms with Gasteiger partial charge in [0.05, 0.1) is 35.2 Å². The van der Waals surface area contributed by atoms with Crippen LogP contribution in [0.4, 0.5) is 5.69 Å². The van der Waals surface area contributed by atoms with Crippen LogP contribution in [0.1, 0.15) is 30.6 Å². The van der Waals surface area contributed by atoms with Gasteiger partial charge in [0.2, 0.25) is 11.8 Å². The summed E-state index contributed by atoms with van der Waals surface area (Å²) in [6.07, 6.45) is 0.518. The first-order valence-electron chi connectivity index (χ1n) is 7.80. The second-order valence-electron chi connectivity index (χ2n) is 6.26. The molecule has 2 N–H and O–H groups in total. The van der Waals surface area contributed by atoms with Crippen molar-refractivity contribution in [3.05, 3.63) is 28.8 Å². The minimum Gasteiger partial charge on any atom is -0.465 e. The van der Waals surface area contributed by atoms with E-state index in [-0.39, 0.29) is 23.7 Å². The molecule has 24 heavy (non-hydrogen) atoms. The van der Waals surface area contributed by atoms with Crippen molar-refractivity contribution in [1.82, 2.24) is 5.32 Å². The average Bonchev–Trinajstić information content (AvgIpc) is 3.34. The second kappa shape index (κ2) is 7.66. The summed E-state index contributed by atoms with van der Waals surface area (Å²) in [4.78, 5) is 35.8. The number of halogens is 1. The third kappa shape index (κ3) is 4.47. The van der Waals surface area contributed by atoms with Crippen LogP contribution in [0.15, 0.2) is 18.2 Å². The molecule has 0 aliphatic heterocycles. The number of hydrogen-bond acceptors (Lipinski definition) is 4. The molecule has 0 spiro atoms. The second-order valence-corrected chi connectivity index (χ2v) is 6.67. The predicted octanol–water partition coefficient (Wildman–Crippen LogP) is 2.47. The highest BCUT2D eigenvalue weighted by Gasteiger charge is 2.48. The van der Waals surface area contributed by atoms with Crippen LogP contribution >= 0.6 is 11.6 Å². The number of ether oxygens (including phenoxy) is 1. The Labute approximate surface area is 145 Å². The average molecular weight is 353 g/mol. The molecule has 1 aliphatic carbocycles. The van der Waals surface area contributed by atoms with Crippen molar-refractivity contribution in [2.75, 3.05) is 19.0 Å². The maximum Gasteiger partial charge on any atom is 0.337 e. The van der Waals surface area contributed by atoms with Gasteiger partial charge in [0.1, 0.15) is 0 Å². The van der Waals surface area contributed by atoms with Crippen molar-refractivity contribution in [3.8, 4) is 0 Å². The number of anilines is 1. The monoisotopic (exact) mass is 352 g/mol. The van der Waals surface area contributed by atoms with E-state index in [1.165, 1.54) is 25.3 Å². The van der Waals surface area contributed by atoms with Gasteiger partial charge in [0.25, 0.3) is 0 Å². The zero-order valence-corrected chi connectivity index (χ0v) is 14.6. The fourth-order valence-electron chi connectivity index (χ4n) is 2.30. The van der Waals surface area contributed by atoms with E-state index in [1.54, 1.807) is 0 Å². The molecule has 0 radical (unpaired) electrons. The highest BCUT2D eigenvalue weighted by atomic mass is 35.5. The lowest BCUT2D eigenvalue weighted by molar-refractivity contribution is -0.125. The largest absolute Gasteiger partial charge is 0.465 e. The van der Waals surface area contributed by atoms with E-state index in [1.807, 2.05) is 13.8 Å². The molecule has 7 heteroatoms. The molecule has 1 aromatic carbocycles. The third-order valence-electron chi connectivity index (χ3n) is 3.79. The van der Waals surface area contributed by atoms with Gasteiger partial charge in [-0.1, -0.05) is 25.4 Å². The summed E-state index contributed by atoms with van der Waals surface area (Å²) in [6.45, 7) is 4.61. The highest BCUT2D eigenvalue weighted by molar-refractivity contribution is 6.34. The van der Waals surface area contributed by atoms with Gasteiger partial charge in [-0.3, -0.25) is 9.59 Å².